The van der Waals surface area contributed by atoms with Gasteiger partial charge in [-0.3, -0.25) is 0 Å². The van der Waals surface area contributed by atoms with E-state index in [4.69, 9.17) is 0 Å². The van der Waals surface area contributed by atoms with Gasteiger partial charge in [0.25, 0.3) is 0 Å². The third-order valence-electron chi connectivity index (χ3n) is 4.24. The number of hydrogen-bond acceptors (Lipinski definition) is 5. The number of hydrogen-bond donors (Lipinski definition) is 3. The van der Waals surface area contributed by atoms with Gasteiger partial charge in [0.05, 0.1) is 4.90 Å². The number of phenols is 2. The minimum absolute atomic E-state index is 0. The van der Waals surface area contributed by atoms with E-state index in [1.165, 1.54) is 6.26 Å². The molecule has 7 heteroatoms. The lowest BCUT2D eigenvalue weighted by Gasteiger charge is -2.19. The monoisotopic (exact) mass is 413 g/mol. The van der Waals surface area contributed by atoms with Gasteiger partial charge in [-0.25, -0.2) is 8.42 Å². The molecule has 0 saturated heterocycles. The third-order valence-corrected chi connectivity index (χ3v) is 5.37. The Morgan fingerprint density at radius 3 is 2.33 bits per heavy atom. The van der Waals surface area contributed by atoms with Crippen molar-refractivity contribution >= 4 is 26.8 Å². The van der Waals surface area contributed by atoms with Gasteiger partial charge in [0, 0.05) is 18.7 Å². The first-order chi connectivity index (χ1) is 10.9. The van der Waals surface area contributed by atoms with E-state index < -0.39 is 9.84 Å². The Bertz CT molecular complexity index is 834. The molecule has 130 valence electrons. The zero-order valence-corrected chi connectivity index (χ0v) is 15.7. The Labute approximate surface area is 152 Å². The average Bonchev–Trinajstić information content (AvgIpc) is 2.69. The van der Waals surface area contributed by atoms with E-state index in [0.717, 1.165) is 29.7 Å². The molecule has 2 aromatic carbocycles. The van der Waals surface area contributed by atoms with Crippen LogP contribution in [0.4, 0.5) is 0 Å². The van der Waals surface area contributed by atoms with Crippen LogP contribution in [0.15, 0.2) is 41.3 Å². The first kappa shape index (κ1) is 18.8. The van der Waals surface area contributed by atoms with Crippen LogP contribution in [0.5, 0.6) is 11.5 Å². The summed E-state index contributed by atoms with van der Waals surface area (Å²) in [5.41, 5.74) is 2.91. The van der Waals surface area contributed by atoms with Crippen molar-refractivity contribution in [2.45, 2.75) is 17.2 Å². The minimum Gasteiger partial charge on any atom is -0.504 e. The number of fused-ring (bicyclic) bond motifs is 1. The van der Waals surface area contributed by atoms with E-state index in [1.54, 1.807) is 24.3 Å². The second kappa shape index (κ2) is 7.13. The average molecular weight is 414 g/mol. The van der Waals surface area contributed by atoms with E-state index in [0.29, 0.717) is 6.54 Å². The highest BCUT2D eigenvalue weighted by Gasteiger charge is 2.22. The van der Waals surface area contributed by atoms with Crippen LogP contribution in [0.3, 0.4) is 0 Å². The molecule has 1 aliphatic heterocycles. The summed E-state index contributed by atoms with van der Waals surface area (Å²) in [5, 5.41) is 22.9. The third kappa shape index (κ3) is 3.74. The molecule has 0 radical (unpaired) electrons. The molecule has 5 nitrogen and oxygen atoms in total. The molecular weight excluding hydrogens is 394 g/mol. The van der Waals surface area contributed by atoms with Crippen LogP contribution < -0.4 is 5.32 Å². The summed E-state index contributed by atoms with van der Waals surface area (Å²) in [6, 6.07) is 10.0. The van der Waals surface area contributed by atoms with Gasteiger partial charge in [0.15, 0.2) is 21.3 Å². The SMILES string of the molecule is Br.CS(=O)(=O)c1ccc(C2CNCCc3cc(O)c(O)cc32)cc1. The van der Waals surface area contributed by atoms with Crippen LogP contribution in [0.2, 0.25) is 0 Å². The summed E-state index contributed by atoms with van der Waals surface area (Å²) in [7, 11) is -3.22. The first-order valence-electron chi connectivity index (χ1n) is 7.42. The number of phenolic OH excluding ortho intramolecular Hbond substituents is 2. The number of benzene rings is 2. The number of rotatable bonds is 2. The zero-order chi connectivity index (χ0) is 16.6. The predicted molar refractivity (Wildman–Crippen MR) is 98.1 cm³/mol. The maximum atomic E-state index is 11.6. The number of sulfone groups is 1. The van der Waals surface area contributed by atoms with Crippen molar-refractivity contribution in [3.63, 3.8) is 0 Å². The molecule has 1 atom stereocenters. The minimum atomic E-state index is -3.22. The van der Waals surface area contributed by atoms with Crippen molar-refractivity contribution in [3.8, 4) is 11.5 Å². The van der Waals surface area contributed by atoms with Crippen molar-refractivity contribution in [3.05, 3.63) is 53.1 Å². The summed E-state index contributed by atoms with van der Waals surface area (Å²) in [6.07, 6.45) is 1.95. The lowest BCUT2D eigenvalue weighted by Crippen LogP contribution is -2.20. The van der Waals surface area contributed by atoms with Gasteiger partial charge < -0.3 is 15.5 Å². The molecule has 3 rings (SSSR count). The molecule has 0 bridgehead atoms. The summed E-state index contributed by atoms with van der Waals surface area (Å²) in [5.74, 6) is -0.257. The smallest absolute Gasteiger partial charge is 0.175 e. The quantitative estimate of drug-likeness (QED) is 0.657. The Morgan fingerprint density at radius 1 is 1.08 bits per heavy atom. The lowest BCUT2D eigenvalue weighted by atomic mass is 9.88. The van der Waals surface area contributed by atoms with Crippen LogP contribution >= 0.6 is 17.0 Å². The van der Waals surface area contributed by atoms with Gasteiger partial charge in [-0.2, -0.15) is 0 Å². The van der Waals surface area contributed by atoms with Gasteiger partial charge >= 0.3 is 0 Å². The maximum Gasteiger partial charge on any atom is 0.175 e. The molecule has 3 N–H and O–H groups in total. The van der Waals surface area contributed by atoms with Crippen LogP contribution in [0.25, 0.3) is 0 Å². The van der Waals surface area contributed by atoms with E-state index in [9.17, 15) is 18.6 Å². The summed E-state index contributed by atoms with van der Waals surface area (Å²) in [4.78, 5) is 0.289. The highest BCUT2D eigenvalue weighted by molar-refractivity contribution is 8.93. The number of halogens is 1. The van der Waals surface area contributed by atoms with Crippen molar-refractivity contribution < 1.29 is 18.6 Å². The van der Waals surface area contributed by atoms with Gasteiger partial charge in [-0.15, -0.1) is 17.0 Å². The van der Waals surface area contributed by atoms with E-state index in [-0.39, 0.29) is 39.3 Å². The zero-order valence-electron chi connectivity index (χ0n) is 13.2. The van der Waals surface area contributed by atoms with Gasteiger partial charge in [-0.05, 0) is 53.9 Å². The fourth-order valence-electron chi connectivity index (χ4n) is 3.00. The van der Waals surface area contributed by atoms with Crippen LogP contribution in [0.1, 0.15) is 22.6 Å². The van der Waals surface area contributed by atoms with Crippen molar-refractivity contribution in [1.82, 2.24) is 5.32 Å². The maximum absolute atomic E-state index is 11.6. The number of aromatic hydroxyl groups is 2. The van der Waals surface area contributed by atoms with Gasteiger partial charge in [0.1, 0.15) is 0 Å². The topological polar surface area (TPSA) is 86.6 Å². The normalized spacial score (nSPS) is 17.5. The fraction of sp³-hybridized carbons (Fsp3) is 0.294. The fourth-order valence-corrected chi connectivity index (χ4v) is 3.63. The second-order valence-electron chi connectivity index (χ2n) is 5.89. The Balaban J connectivity index is 0.00000208. The molecule has 0 saturated carbocycles. The van der Waals surface area contributed by atoms with Gasteiger partial charge in [0.2, 0.25) is 0 Å². The van der Waals surface area contributed by atoms with Crippen molar-refractivity contribution in [1.29, 1.82) is 0 Å². The van der Waals surface area contributed by atoms with E-state index in [2.05, 4.69) is 5.32 Å². The largest absolute Gasteiger partial charge is 0.504 e. The van der Waals surface area contributed by atoms with Crippen LogP contribution in [-0.4, -0.2) is 38.0 Å². The highest BCUT2D eigenvalue weighted by Crippen LogP contribution is 2.36. The Morgan fingerprint density at radius 2 is 1.71 bits per heavy atom. The predicted octanol–water partition coefficient (Wildman–Crippen LogP) is 2.36. The highest BCUT2D eigenvalue weighted by atomic mass is 79.9. The molecule has 0 spiro atoms. The molecule has 0 fully saturated rings. The molecule has 1 heterocycles. The molecule has 0 aliphatic carbocycles. The summed E-state index contributed by atoms with van der Waals surface area (Å²) < 4.78 is 23.2. The van der Waals surface area contributed by atoms with Crippen LogP contribution in [-0.2, 0) is 16.3 Å². The van der Waals surface area contributed by atoms with Crippen molar-refractivity contribution in [2.24, 2.45) is 0 Å². The molecule has 2 aromatic rings. The molecular formula is C17H20BrNO4S. The molecule has 1 unspecified atom stereocenters. The first-order valence-corrected chi connectivity index (χ1v) is 9.31. The van der Waals surface area contributed by atoms with Gasteiger partial charge in [-0.1, -0.05) is 12.1 Å². The van der Waals surface area contributed by atoms with Crippen LogP contribution in [0, 0.1) is 0 Å². The van der Waals surface area contributed by atoms with Crippen molar-refractivity contribution in [2.75, 3.05) is 19.3 Å². The molecule has 0 amide bonds. The molecule has 0 aromatic heterocycles. The standard InChI is InChI=1S/C17H19NO4S.BrH/c1-23(21,22)13-4-2-11(3-5-13)15-10-18-7-6-12-8-16(19)17(20)9-14(12)15;/h2-5,8-9,15,18-20H,6-7,10H2,1H3;1H. The second-order valence-corrected chi connectivity index (χ2v) is 7.90. The summed E-state index contributed by atoms with van der Waals surface area (Å²) in [6.45, 7) is 1.48. The van der Waals surface area contributed by atoms with E-state index in [1.807, 2.05) is 12.1 Å². The Hall–Kier alpha value is -1.57. The number of nitrogens with one attached hydrogen (secondary N) is 1. The summed E-state index contributed by atoms with van der Waals surface area (Å²) >= 11 is 0. The molecule has 1 aliphatic rings. The Kier molecular flexibility index (Phi) is 5.57. The van der Waals surface area contributed by atoms with E-state index >= 15 is 0 Å². The lowest BCUT2D eigenvalue weighted by molar-refractivity contribution is 0.402. The molecule has 24 heavy (non-hydrogen) atoms.